The Morgan fingerprint density at radius 2 is 1.93 bits per heavy atom. The number of anilines is 1. The molecule has 1 fully saturated rings. The Morgan fingerprint density at radius 1 is 1.33 bits per heavy atom. The van der Waals surface area contributed by atoms with E-state index in [-0.39, 0.29) is 0 Å². The molecule has 0 amide bonds. The molecule has 2 N–H and O–H groups in total. The molecular weight excluding hydrogens is 210 g/mol. The van der Waals surface area contributed by atoms with Crippen molar-refractivity contribution in [3.63, 3.8) is 0 Å². The maximum absolute atomic E-state index is 5.91. The lowest BCUT2D eigenvalue weighted by Gasteiger charge is -2.31. The van der Waals surface area contributed by atoms with E-state index in [9.17, 15) is 0 Å². The molecule has 0 spiro atoms. The van der Waals surface area contributed by atoms with Crippen molar-refractivity contribution in [3.8, 4) is 0 Å². The summed E-state index contributed by atoms with van der Waals surface area (Å²) in [6, 6.07) is 0.471. The van der Waals surface area contributed by atoms with Gasteiger partial charge >= 0.3 is 0 Å². The summed E-state index contributed by atoms with van der Waals surface area (Å²) >= 11 is 5.91. The Kier molecular flexibility index (Phi) is 2.91. The van der Waals surface area contributed by atoms with Crippen LogP contribution < -0.4 is 5.73 Å². The SMILES string of the molecule is CC1CC(C)CC(n2cc(Cl)c(N)n2)C1. The largest absolute Gasteiger partial charge is 0.381 e. The van der Waals surface area contributed by atoms with Crippen LogP contribution >= 0.6 is 11.6 Å². The standard InChI is InChI=1S/C11H18ClN3/c1-7-3-8(2)5-9(4-7)15-6-10(12)11(13)14-15/h6-9H,3-5H2,1-2H3,(H2,13,14). The third kappa shape index (κ3) is 2.28. The second-order valence-corrected chi connectivity index (χ2v) is 5.32. The Balaban J connectivity index is 2.16. The zero-order valence-corrected chi connectivity index (χ0v) is 10.0. The van der Waals surface area contributed by atoms with Gasteiger partial charge in [0.25, 0.3) is 0 Å². The second-order valence-electron chi connectivity index (χ2n) is 4.91. The minimum Gasteiger partial charge on any atom is -0.381 e. The summed E-state index contributed by atoms with van der Waals surface area (Å²) in [4.78, 5) is 0. The molecule has 0 aromatic carbocycles. The Morgan fingerprint density at radius 3 is 2.40 bits per heavy atom. The van der Waals surface area contributed by atoms with E-state index in [0.717, 1.165) is 11.8 Å². The van der Waals surface area contributed by atoms with Crippen LogP contribution in [0.4, 0.5) is 5.82 Å². The lowest BCUT2D eigenvalue weighted by molar-refractivity contribution is 0.210. The maximum atomic E-state index is 5.91. The van der Waals surface area contributed by atoms with Gasteiger partial charge in [0.1, 0.15) is 5.02 Å². The predicted molar refractivity (Wildman–Crippen MR) is 62.9 cm³/mol. The fraction of sp³-hybridized carbons (Fsp3) is 0.727. The molecule has 0 bridgehead atoms. The third-order valence-electron chi connectivity index (χ3n) is 3.24. The van der Waals surface area contributed by atoms with E-state index >= 15 is 0 Å². The van der Waals surface area contributed by atoms with E-state index in [2.05, 4.69) is 18.9 Å². The lowest BCUT2D eigenvalue weighted by Crippen LogP contribution is -2.23. The van der Waals surface area contributed by atoms with Crippen LogP contribution in [0.15, 0.2) is 6.20 Å². The fourth-order valence-corrected chi connectivity index (χ4v) is 2.83. The minimum atomic E-state index is 0.447. The van der Waals surface area contributed by atoms with Gasteiger partial charge in [-0.05, 0) is 31.1 Å². The Bertz CT molecular complexity index is 318. The molecule has 1 aliphatic carbocycles. The summed E-state index contributed by atoms with van der Waals surface area (Å²) in [5.74, 6) is 1.98. The monoisotopic (exact) mass is 227 g/mol. The van der Waals surface area contributed by atoms with E-state index in [4.69, 9.17) is 17.3 Å². The molecule has 0 aliphatic heterocycles. The highest BCUT2D eigenvalue weighted by atomic mass is 35.5. The van der Waals surface area contributed by atoms with E-state index in [1.165, 1.54) is 19.3 Å². The molecule has 3 nitrogen and oxygen atoms in total. The van der Waals surface area contributed by atoms with Crippen LogP contribution in [0.25, 0.3) is 0 Å². The highest BCUT2D eigenvalue weighted by molar-refractivity contribution is 6.32. The van der Waals surface area contributed by atoms with Crippen molar-refractivity contribution in [2.75, 3.05) is 5.73 Å². The lowest BCUT2D eigenvalue weighted by atomic mass is 9.80. The number of aromatic nitrogens is 2. The Hall–Kier alpha value is -0.700. The summed E-state index contributed by atoms with van der Waals surface area (Å²) < 4.78 is 1.95. The summed E-state index contributed by atoms with van der Waals surface area (Å²) in [6.45, 7) is 4.61. The maximum Gasteiger partial charge on any atom is 0.164 e. The van der Waals surface area contributed by atoms with Crippen LogP contribution in [0.1, 0.15) is 39.2 Å². The smallest absolute Gasteiger partial charge is 0.164 e. The van der Waals surface area contributed by atoms with Crippen LogP contribution in [0, 0.1) is 11.8 Å². The van der Waals surface area contributed by atoms with Gasteiger partial charge in [-0.2, -0.15) is 5.10 Å². The molecule has 2 atom stereocenters. The van der Waals surface area contributed by atoms with Crippen LogP contribution in [0.2, 0.25) is 5.02 Å². The van der Waals surface area contributed by atoms with Gasteiger partial charge < -0.3 is 5.73 Å². The number of hydrogen-bond acceptors (Lipinski definition) is 2. The Labute approximate surface area is 95.6 Å². The zero-order chi connectivity index (χ0) is 11.0. The van der Waals surface area contributed by atoms with Crippen molar-refractivity contribution in [1.82, 2.24) is 9.78 Å². The summed E-state index contributed by atoms with van der Waals surface area (Å²) in [5, 5.41) is 4.84. The number of nitrogen functional groups attached to an aromatic ring is 1. The van der Waals surface area contributed by atoms with Crippen molar-refractivity contribution in [2.24, 2.45) is 11.8 Å². The molecular formula is C11H18ClN3. The molecule has 4 heteroatoms. The van der Waals surface area contributed by atoms with Gasteiger partial charge in [0.2, 0.25) is 0 Å². The van der Waals surface area contributed by atoms with E-state index < -0.39 is 0 Å². The van der Waals surface area contributed by atoms with Gasteiger partial charge in [0.15, 0.2) is 5.82 Å². The minimum absolute atomic E-state index is 0.447. The number of rotatable bonds is 1. The van der Waals surface area contributed by atoms with Gasteiger partial charge in [0.05, 0.1) is 6.04 Å². The number of hydrogen-bond donors (Lipinski definition) is 1. The van der Waals surface area contributed by atoms with E-state index in [1.54, 1.807) is 0 Å². The molecule has 1 aromatic rings. The average Bonchev–Trinajstić information content (AvgIpc) is 2.45. The molecule has 2 rings (SSSR count). The molecule has 0 saturated heterocycles. The number of halogens is 1. The first kappa shape index (κ1) is 10.8. The van der Waals surface area contributed by atoms with E-state index in [1.807, 2.05) is 10.9 Å². The molecule has 2 unspecified atom stereocenters. The van der Waals surface area contributed by atoms with Crippen molar-refractivity contribution in [3.05, 3.63) is 11.2 Å². The van der Waals surface area contributed by atoms with Crippen LogP contribution in [-0.2, 0) is 0 Å². The molecule has 1 saturated carbocycles. The second kappa shape index (κ2) is 4.05. The van der Waals surface area contributed by atoms with Crippen LogP contribution in [0.3, 0.4) is 0 Å². The van der Waals surface area contributed by atoms with Crippen molar-refractivity contribution < 1.29 is 0 Å². The topological polar surface area (TPSA) is 43.8 Å². The van der Waals surface area contributed by atoms with Crippen LogP contribution in [-0.4, -0.2) is 9.78 Å². The summed E-state index contributed by atoms with van der Waals surface area (Å²) in [7, 11) is 0. The van der Waals surface area contributed by atoms with E-state index in [0.29, 0.717) is 16.9 Å². The summed E-state index contributed by atoms with van der Waals surface area (Å²) in [6.07, 6.45) is 5.54. The fourth-order valence-electron chi connectivity index (χ4n) is 2.69. The molecule has 84 valence electrons. The molecule has 0 radical (unpaired) electrons. The molecule has 1 aliphatic rings. The number of nitrogens with zero attached hydrogens (tertiary/aromatic N) is 2. The molecule has 15 heavy (non-hydrogen) atoms. The van der Waals surface area contributed by atoms with Gasteiger partial charge in [-0.1, -0.05) is 25.4 Å². The zero-order valence-electron chi connectivity index (χ0n) is 9.28. The van der Waals surface area contributed by atoms with Gasteiger partial charge in [-0.3, -0.25) is 4.68 Å². The first-order valence-corrected chi connectivity index (χ1v) is 5.94. The average molecular weight is 228 g/mol. The first-order chi connectivity index (χ1) is 7.06. The predicted octanol–water partition coefficient (Wildman–Crippen LogP) is 3.12. The van der Waals surface area contributed by atoms with Gasteiger partial charge in [0, 0.05) is 6.20 Å². The quantitative estimate of drug-likeness (QED) is 0.801. The highest BCUT2D eigenvalue weighted by Gasteiger charge is 2.26. The van der Waals surface area contributed by atoms with Crippen molar-refractivity contribution in [2.45, 2.75) is 39.2 Å². The normalized spacial score (nSPS) is 31.8. The number of nitrogens with two attached hydrogens (primary N) is 1. The van der Waals surface area contributed by atoms with Crippen molar-refractivity contribution in [1.29, 1.82) is 0 Å². The van der Waals surface area contributed by atoms with Crippen LogP contribution in [0.5, 0.6) is 0 Å². The molecule has 1 heterocycles. The highest BCUT2D eigenvalue weighted by Crippen LogP contribution is 2.36. The van der Waals surface area contributed by atoms with Crippen molar-refractivity contribution >= 4 is 17.4 Å². The van der Waals surface area contributed by atoms with Gasteiger partial charge in [-0.25, -0.2) is 0 Å². The molecule has 1 aromatic heterocycles. The first-order valence-electron chi connectivity index (χ1n) is 5.56. The summed E-state index contributed by atoms with van der Waals surface area (Å²) in [5.41, 5.74) is 5.65. The van der Waals surface area contributed by atoms with Gasteiger partial charge in [-0.15, -0.1) is 0 Å². The third-order valence-corrected chi connectivity index (χ3v) is 3.53.